The summed E-state index contributed by atoms with van der Waals surface area (Å²) < 4.78 is 1.29. The summed E-state index contributed by atoms with van der Waals surface area (Å²) in [5.41, 5.74) is 6.81. The van der Waals surface area contributed by atoms with E-state index in [0.717, 1.165) is 25.0 Å². The van der Waals surface area contributed by atoms with E-state index in [4.69, 9.17) is 10.7 Å². The summed E-state index contributed by atoms with van der Waals surface area (Å²) in [6.45, 7) is 1.80. The summed E-state index contributed by atoms with van der Waals surface area (Å²) >= 11 is 1.82. The Morgan fingerprint density at radius 2 is 2.05 bits per heavy atom. The molecule has 1 aromatic heterocycles. The monoisotopic (exact) mass is 275 g/mol. The molecule has 0 spiro atoms. The molecule has 0 radical (unpaired) electrons. The molecule has 0 atom stereocenters. The zero-order chi connectivity index (χ0) is 13.1. The van der Waals surface area contributed by atoms with Crippen molar-refractivity contribution in [3.05, 3.63) is 24.3 Å². The third-order valence-corrected chi connectivity index (χ3v) is 4.97. The Labute approximate surface area is 118 Å². The molecule has 1 saturated carbocycles. The van der Waals surface area contributed by atoms with Crippen LogP contribution in [-0.2, 0) is 0 Å². The highest BCUT2D eigenvalue weighted by molar-refractivity contribution is 7.22. The Hall–Kier alpha value is -1.13. The standard InChI is InChI=1S/C15H21N3S/c16-10-5-11-18(12-6-1-2-7-12)15-17-13-8-3-4-9-14(13)19-15/h3-4,8-9,12H,1-2,5-7,10-11,16H2. The van der Waals surface area contributed by atoms with Gasteiger partial charge >= 0.3 is 0 Å². The van der Waals surface area contributed by atoms with Gasteiger partial charge < -0.3 is 10.6 Å². The second-order valence-electron chi connectivity index (χ2n) is 5.24. The van der Waals surface area contributed by atoms with E-state index in [9.17, 15) is 0 Å². The number of benzene rings is 1. The van der Waals surface area contributed by atoms with Gasteiger partial charge in [-0.05, 0) is 37.9 Å². The van der Waals surface area contributed by atoms with Crippen LogP contribution in [0, 0.1) is 0 Å². The predicted molar refractivity (Wildman–Crippen MR) is 82.9 cm³/mol. The van der Waals surface area contributed by atoms with Gasteiger partial charge in [0.05, 0.1) is 10.2 Å². The molecule has 1 aromatic carbocycles. The smallest absolute Gasteiger partial charge is 0.186 e. The van der Waals surface area contributed by atoms with Crippen LogP contribution in [0.3, 0.4) is 0 Å². The number of nitrogens with two attached hydrogens (primary N) is 1. The van der Waals surface area contributed by atoms with Crippen molar-refractivity contribution in [2.24, 2.45) is 5.73 Å². The molecule has 0 saturated heterocycles. The highest BCUT2D eigenvalue weighted by atomic mass is 32.1. The average molecular weight is 275 g/mol. The van der Waals surface area contributed by atoms with Crippen LogP contribution in [0.25, 0.3) is 10.2 Å². The van der Waals surface area contributed by atoms with Crippen molar-refractivity contribution in [1.82, 2.24) is 4.98 Å². The van der Waals surface area contributed by atoms with E-state index in [-0.39, 0.29) is 0 Å². The summed E-state index contributed by atoms with van der Waals surface area (Å²) in [4.78, 5) is 7.32. The van der Waals surface area contributed by atoms with Crippen molar-refractivity contribution >= 4 is 26.7 Å². The lowest BCUT2D eigenvalue weighted by atomic mass is 10.2. The van der Waals surface area contributed by atoms with E-state index < -0.39 is 0 Å². The molecule has 3 rings (SSSR count). The lowest BCUT2D eigenvalue weighted by molar-refractivity contribution is 0.592. The summed E-state index contributed by atoms with van der Waals surface area (Å²) in [5, 5.41) is 1.18. The van der Waals surface area contributed by atoms with Gasteiger partial charge in [0.2, 0.25) is 0 Å². The van der Waals surface area contributed by atoms with Gasteiger partial charge in [-0.25, -0.2) is 4.98 Å². The van der Waals surface area contributed by atoms with Gasteiger partial charge in [0.25, 0.3) is 0 Å². The first-order valence-electron chi connectivity index (χ1n) is 7.21. The third kappa shape index (κ3) is 2.74. The first-order chi connectivity index (χ1) is 9.38. The second kappa shape index (κ2) is 5.88. The van der Waals surface area contributed by atoms with E-state index in [0.29, 0.717) is 6.04 Å². The fourth-order valence-electron chi connectivity index (χ4n) is 2.89. The molecule has 1 aliphatic rings. The van der Waals surface area contributed by atoms with Crippen molar-refractivity contribution in [1.29, 1.82) is 0 Å². The molecule has 0 amide bonds. The van der Waals surface area contributed by atoms with Crippen LogP contribution in [0.5, 0.6) is 0 Å². The largest absolute Gasteiger partial charge is 0.345 e. The highest BCUT2D eigenvalue weighted by Gasteiger charge is 2.24. The number of nitrogens with zero attached hydrogens (tertiary/aromatic N) is 2. The minimum Gasteiger partial charge on any atom is -0.345 e. The summed E-state index contributed by atoms with van der Waals surface area (Å²) in [7, 11) is 0. The quantitative estimate of drug-likeness (QED) is 0.909. The van der Waals surface area contributed by atoms with Crippen LogP contribution in [0.4, 0.5) is 5.13 Å². The zero-order valence-corrected chi connectivity index (χ0v) is 12.0. The van der Waals surface area contributed by atoms with Crippen LogP contribution >= 0.6 is 11.3 Å². The molecule has 0 aliphatic heterocycles. The fraction of sp³-hybridized carbons (Fsp3) is 0.533. The Kier molecular flexibility index (Phi) is 3.99. The molecule has 1 heterocycles. The maximum absolute atomic E-state index is 5.69. The van der Waals surface area contributed by atoms with Crippen LogP contribution < -0.4 is 10.6 Å². The third-order valence-electron chi connectivity index (χ3n) is 3.90. The van der Waals surface area contributed by atoms with Crippen molar-refractivity contribution in [2.45, 2.75) is 38.1 Å². The van der Waals surface area contributed by atoms with Gasteiger partial charge in [-0.2, -0.15) is 0 Å². The number of aromatic nitrogens is 1. The first kappa shape index (κ1) is 12.9. The molecule has 102 valence electrons. The van der Waals surface area contributed by atoms with E-state index in [2.05, 4.69) is 29.2 Å². The van der Waals surface area contributed by atoms with Gasteiger partial charge in [-0.15, -0.1) is 0 Å². The minimum absolute atomic E-state index is 0.673. The Balaban J connectivity index is 1.88. The van der Waals surface area contributed by atoms with E-state index in [1.165, 1.54) is 35.5 Å². The van der Waals surface area contributed by atoms with Gasteiger partial charge in [0, 0.05) is 12.6 Å². The molecule has 19 heavy (non-hydrogen) atoms. The van der Waals surface area contributed by atoms with E-state index >= 15 is 0 Å². The highest BCUT2D eigenvalue weighted by Crippen LogP contribution is 2.33. The lowest BCUT2D eigenvalue weighted by Crippen LogP contribution is -2.34. The predicted octanol–water partition coefficient (Wildman–Crippen LogP) is 3.39. The summed E-state index contributed by atoms with van der Waals surface area (Å²) in [5.74, 6) is 0. The van der Waals surface area contributed by atoms with Crippen molar-refractivity contribution in [3.63, 3.8) is 0 Å². The molecule has 3 nitrogen and oxygen atoms in total. The topological polar surface area (TPSA) is 42.1 Å². The number of fused-ring (bicyclic) bond motifs is 1. The fourth-order valence-corrected chi connectivity index (χ4v) is 3.96. The van der Waals surface area contributed by atoms with Gasteiger partial charge in [0.1, 0.15) is 0 Å². The second-order valence-corrected chi connectivity index (χ2v) is 6.25. The van der Waals surface area contributed by atoms with Crippen LogP contribution in [0.15, 0.2) is 24.3 Å². The minimum atomic E-state index is 0.673. The molecular weight excluding hydrogens is 254 g/mol. The number of para-hydroxylation sites is 1. The Bertz CT molecular complexity index is 498. The van der Waals surface area contributed by atoms with Gasteiger partial charge in [-0.3, -0.25) is 0 Å². The SMILES string of the molecule is NCCCN(c1nc2ccccc2s1)C1CCCC1. The van der Waals surface area contributed by atoms with Crippen LogP contribution in [0.2, 0.25) is 0 Å². The molecular formula is C15H21N3S. The number of rotatable bonds is 5. The maximum atomic E-state index is 5.69. The zero-order valence-electron chi connectivity index (χ0n) is 11.2. The van der Waals surface area contributed by atoms with Gasteiger partial charge in [-0.1, -0.05) is 36.3 Å². The Morgan fingerprint density at radius 1 is 1.26 bits per heavy atom. The summed E-state index contributed by atoms with van der Waals surface area (Å²) in [6.07, 6.45) is 6.37. The number of thiazole rings is 1. The van der Waals surface area contributed by atoms with E-state index in [1.54, 1.807) is 0 Å². The number of hydrogen-bond donors (Lipinski definition) is 1. The Morgan fingerprint density at radius 3 is 2.79 bits per heavy atom. The van der Waals surface area contributed by atoms with Crippen molar-refractivity contribution < 1.29 is 0 Å². The molecule has 0 unspecified atom stereocenters. The van der Waals surface area contributed by atoms with Crippen LogP contribution in [0.1, 0.15) is 32.1 Å². The van der Waals surface area contributed by atoms with E-state index in [1.807, 2.05) is 11.3 Å². The van der Waals surface area contributed by atoms with Crippen molar-refractivity contribution in [3.8, 4) is 0 Å². The van der Waals surface area contributed by atoms with Crippen LogP contribution in [-0.4, -0.2) is 24.1 Å². The molecule has 4 heteroatoms. The first-order valence-corrected chi connectivity index (χ1v) is 8.02. The van der Waals surface area contributed by atoms with Gasteiger partial charge in [0.15, 0.2) is 5.13 Å². The lowest BCUT2D eigenvalue weighted by Gasteiger charge is -2.28. The molecule has 0 bridgehead atoms. The molecule has 2 aromatic rings. The summed E-state index contributed by atoms with van der Waals surface area (Å²) in [6, 6.07) is 9.08. The number of anilines is 1. The number of hydrogen-bond acceptors (Lipinski definition) is 4. The molecule has 1 fully saturated rings. The van der Waals surface area contributed by atoms with Crippen molar-refractivity contribution in [2.75, 3.05) is 18.0 Å². The average Bonchev–Trinajstić information content (AvgIpc) is 3.08. The normalized spacial score (nSPS) is 16.3. The maximum Gasteiger partial charge on any atom is 0.186 e. The molecule has 2 N–H and O–H groups in total. The molecule has 1 aliphatic carbocycles.